The van der Waals surface area contributed by atoms with Crippen LogP contribution in [-0.2, 0) is 6.54 Å². The summed E-state index contributed by atoms with van der Waals surface area (Å²) in [7, 11) is 1.67. The molecule has 0 spiro atoms. The molecular formula is C17H22N2O. The molecule has 2 rings (SSSR count). The zero-order valence-electron chi connectivity index (χ0n) is 12.4. The van der Waals surface area contributed by atoms with Gasteiger partial charge in [-0.05, 0) is 37.1 Å². The maximum atomic E-state index is 6.12. The maximum absolute atomic E-state index is 6.12. The number of nitrogens with two attached hydrogens (primary N) is 1. The van der Waals surface area contributed by atoms with Crippen molar-refractivity contribution in [3.8, 4) is 5.75 Å². The van der Waals surface area contributed by atoms with Gasteiger partial charge in [-0.3, -0.25) is 0 Å². The van der Waals surface area contributed by atoms with E-state index in [1.807, 2.05) is 18.2 Å². The van der Waals surface area contributed by atoms with E-state index in [9.17, 15) is 0 Å². The van der Waals surface area contributed by atoms with Gasteiger partial charge in [0.15, 0.2) is 0 Å². The molecule has 0 radical (unpaired) electrons. The molecular weight excluding hydrogens is 248 g/mol. The summed E-state index contributed by atoms with van der Waals surface area (Å²) in [5.74, 6) is 0.831. The molecule has 0 fully saturated rings. The summed E-state index contributed by atoms with van der Waals surface area (Å²) in [5, 5.41) is 0. The van der Waals surface area contributed by atoms with Gasteiger partial charge in [0.05, 0.1) is 18.5 Å². The molecule has 0 saturated carbocycles. The molecule has 2 aromatic carbocycles. The molecule has 2 N–H and O–H groups in total. The van der Waals surface area contributed by atoms with E-state index in [1.165, 1.54) is 11.1 Å². The van der Waals surface area contributed by atoms with Crippen molar-refractivity contribution >= 4 is 11.4 Å². The van der Waals surface area contributed by atoms with Crippen molar-refractivity contribution in [1.29, 1.82) is 0 Å². The van der Waals surface area contributed by atoms with Crippen molar-refractivity contribution in [3.63, 3.8) is 0 Å². The van der Waals surface area contributed by atoms with E-state index in [2.05, 4.69) is 43.0 Å². The van der Waals surface area contributed by atoms with E-state index in [-0.39, 0.29) is 0 Å². The van der Waals surface area contributed by atoms with E-state index in [4.69, 9.17) is 10.5 Å². The molecule has 3 nitrogen and oxygen atoms in total. The van der Waals surface area contributed by atoms with E-state index in [0.717, 1.165) is 30.2 Å². The van der Waals surface area contributed by atoms with Crippen LogP contribution in [0.2, 0.25) is 0 Å². The van der Waals surface area contributed by atoms with Crippen LogP contribution in [-0.4, -0.2) is 13.7 Å². The van der Waals surface area contributed by atoms with Crippen molar-refractivity contribution < 1.29 is 4.74 Å². The van der Waals surface area contributed by atoms with Gasteiger partial charge in [0.25, 0.3) is 0 Å². The zero-order valence-corrected chi connectivity index (χ0v) is 12.4. The monoisotopic (exact) mass is 270 g/mol. The second kappa shape index (κ2) is 6.33. The molecule has 0 heterocycles. The summed E-state index contributed by atoms with van der Waals surface area (Å²) in [6, 6.07) is 14.2. The molecule has 20 heavy (non-hydrogen) atoms. The average Bonchev–Trinajstić information content (AvgIpc) is 2.47. The fourth-order valence-corrected chi connectivity index (χ4v) is 2.28. The molecule has 2 aromatic rings. The first-order valence-electron chi connectivity index (χ1n) is 6.88. The average molecular weight is 270 g/mol. The Morgan fingerprint density at radius 3 is 2.55 bits per heavy atom. The fraction of sp³-hybridized carbons (Fsp3) is 0.294. The topological polar surface area (TPSA) is 38.5 Å². The van der Waals surface area contributed by atoms with Crippen LogP contribution in [0.5, 0.6) is 5.75 Å². The number of nitrogen functional groups attached to an aromatic ring is 1. The number of hydrogen-bond acceptors (Lipinski definition) is 3. The minimum atomic E-state index is 0.779. The normalized spacial score (nSPS) is 10.3. The SMILES string of the molecule is CCN(Cc1ccccc1C)c1cc(OC)ccc1N. The molecule has 3 heteroatoms. The van der Waals surface area contributed by atoms with Gasteiger partial charge in [-0.2, -0.15) is 0 Å². The number of anilines is 2. The van der Waals surface area contributed by atoms with Crippen molar-refractivity contribution in [1.82, 2.24) is 0 Å². The molecule has 0 atom stereocenters. The van der Waals surface area contributed by atoms with Crippen molar-refractivity contribution in [2.75, 3.05) is 24.3 Å². The van der Waals surface area contributed by atoms with Crippen LogP contribution in [0.25, 0.3) is 0 Å². The second-order valence-corrected chi connectivity index (χ2v) is 4.87. The summed E-state index contributed by atoms with van der Waals surface area (Å²) in [6.07, 6.45) is 0. The van der Waals surface area contributed by atoms with Crippen LogP contribution in [0.15, 0.2) is 42.5 Å². The van der Waals surface area contributed by atoms with Crippen molar-refractivity contribution in [3.05, 3.63) is 53.6 Å². The highest BCUT2D eigenvalue weighted by molar-refractivity contribution is 5.69. The van der Waals surface area contributed by atoms with Crippen LogP contribution in [0, 0.1) is 6.92 Å². The first-order chi connectivity index (χ1) is 9.65. The van der Waals surface area contributed by atoms with Crippen LogP contribution in [0.1, 0.15) is 18.1 Å². The van der Waals surface area contributed by atoms with E-state index < -0.39 is 0 Å². The van der Waals surface area contributed by atoms with Crippen molar-refractivity contribution in [2.24, 2.45) is 0 Å². The Bertz CT molecular complexity index is 581. The minimum Gasteiger partial charge on any atom is -0.497 e. The van der Waals surface area contributed by atoms with Crippen LogP contribution < -0.4 is 15.4 Å². The Morgan fingerprint density at radius 2 is 1.90 bits per heavy atom. The summed E-state index contributed by atoms with van der Waals surface area (Å²) in [5.41, 5.74) is 10.5. The van der Waals surface area contributed by atoms with Crippen LogP contribution in [0.3, 0.4) is 0 Å². The zero-order chi connectivity index (χ0) is 14.5. The first-order valence-corrected chi connectivity index (χ1v) is 6.88. The lowest BCUT2D eigenvalue weighted by Crippen LogP contribution is -2.23. The van der Waals surface area contributed by atoms with E-state index in [1.54, 1.807) is 7.11 Å². The minimum absolute atomic E-state index is 0.779. The van der Waals surface area contributed by atoms with Gasteiger partial charge in [0.1, 0.15) is 5.75 Å². The van der Waals surface area contributed by atoms with Gasteiger partial charge in [-0.1, -0.05) is 24.3 Å². The van der Waals surface area contributed by atoms with Crippen LogP contribution in [0.4, 0.5) is 11.4 Å². The number of rotatable bonds is 5. The molecule has 0 unspecified atom stereocenters. The number of benzene rings is 2. The molecule has 0 aliphatic heterocycles. The predicted molar refractivity (Wildman–Crippen MR) is 85.3 cm³/mol. The number of hydrogen-bond donors (Lipinski definition) is 1. The van der Waals surface area contributed by atoms with Gasteiger partial charge in [-0.15, -0.1) is 0 Å². The van der Waals surface area contributed by atoms with Gasteiger partial charge in [0.2, 0.25) is 0 Å². The summed E-state index contributed by atoms with van der Waals surface area (Å²) < 4.78 is 5.30. The third-order valence-corrected chi connectivity index (χ3v) is 3.58. The molecule has 106 valence electrons. The van der Waals surface area contributed by atoms with Gasteiger partial charge < -0.3 is 15.4 Å². The maximum Gasteiger partial charge on any atom is 0.121 e. The highest BCUT2D eigenvalue weighted by Gasteiger charge is 2.11. The Kier molecular flexibility index (Phi) is 4.51. The number of methoxy groups -OCH3 is 1. The molecule has 0 aliphatic rings. The van der Waals surface area contributed by atoms with Crippen molar-refractivity contribution in [2.45, 2.75) is 20.4 Å². The summed E-state index contributed by atoms with van der Waals surface area (Å²) >= 11 is 0. The van der Waals surface area contributed by atoms with Gasteiger partial charge >= 0.3 is 0 Å². The smallest absolute Gasteiger partial charge is 0.121 e. The first kappa shape index (κ1) is 14.3. The van der Waals surface area contributed by atoms with E-state index in [0.29, 0.717) is 0 Å². The summed E-state index contributed by atoms with van der Waals surface area (Å²) in [6.45, 7) is 6.02. The number of aryl methyl sites for hydroxylation is 1. The Hall–Kier alpha value is -2.16. The van der Waals surface area contributed by atoms with Gasteiger partial charge in [-0.25, -0.2) is 0 Å². The standard InChI is InChI=1S/C17H22N2O/c1-4-19(12-14-8-6-5-7-13(14)2)17-11-15(20-3)9-10-16(17)18/h5-11H,4,12,18H2,1-3H3. The lowest BCUT2D eigenvalue weighted by molar-refractivity contribution is 0.415. The van der Waals surface area contributed by atoms with E-state index >= 15 is 0 Å². The Labute approximate surface area is 121 Å². The third-order valence-electron chi connectivity index (χ3n) is 3.58. The quantitative estimate of drug-likeness (QED) is 0.843. The lowest BCUT2D eigenvalue weighted by Gasteiger charge is -2.26. The molecule has 0 bridgehead atoms. The van der Waals surface area contributed by atoms with Crippen LogP contribution >= 0.6 is 0 Å². The molecule has 0 amide bonds. The van der Waals surface area contributed by atoms with Gasteiger partial charge in [0, 0.05) is 19.2 Å². The summed E-state index contributed by atoms with van der Waals surface area (Å²) in [4.78, 5) is 2.26. The Balaban J connectivity index is 2.31. The third kappa shape index (κ3) is 3.05. The fourth-order valence-electron chi connectivity index (χ4n) is 2.28. The number of nitrogens with zero attached hydrogens (tertiary/aromatic N) is 1. The highest BCUT2D eigenvalue weighted by Crippen LogP contribution is 2.29. The Morgan fingerprint density at radius 1 is 1.15 bits per heavy atom. The largest absolute Gasteiger partial charge is 0.497 e. The lowest BCUT2D eigenvalue weighted by atomic mass is 10.1. The second-order valence-electron chi connectivity index (χ2n) is 4.87. The predicted octanol–water partition coefficient (Wildman–Crippen LogP) is 3.61. The molecule has 0 aliphatic carbocycles. The number of ether oxygens (including phenoxy) is 1. The highest BCUT2D eigenvalue weighted by atomic mass is 16.5. The molecule has 0 aromatic heterocycles. The molecule has 0 saturated heterocycles.